The highest BCUT2D eigenvalue weighted by Gasteiger charge is 2.24. The standard InChI is InChI=1S/C25H21NO6/c1-2-31-18-7-3-15(4-8-18)13-16-5-9-20-24(30)19-10-6-17(14-21(19)32-25(16)20)26-22(27)11-12-23(28)29/h3-4,6-8,10-14H,2,5,9H2,1H3,(H,26,27)(H,28,29)/b12-11-,16-13?. The average Bonchev–Trinajstić information content (AvgIpc) is 3.16. The Balaban J connectivity index is 1.67. The first-order chi connectivity index (χ1) is 15.4. The first-order valence-electron chi connectivity index (χ1n) is 10.2. The highest BCUT2D eigenvalue weighted by Crippen LogP contribution is 2.34. The van der Waals surface area contributed by atoms with Crippen molar-refractivity contribution in [3.63, 3.8) is 0 Å². The second-order valence-corrected chi connectivity index (χ2v) is 7.28. The molecule has 2 N–H and O–H groups in total. The van der Waals surface area contributed by atoms with Crippen LogP contribution in [-0.4, -0.2) is 23.6 Å². The largest absolute Gasteiger partial charge is 0.494 e. The van der Waals surface area contributed by atoms with Crippen LogP contribution in [0.5, 0.6) is 5.75 Å². The van der Waals surface area contributed by atoms with E-state index in [2.05, 4.69) is 5.32 Å². The van der Waals surface area contributed by atoms with Crippen molar-refractivity contribution in [2.75, 3.05) is 11.9 Å². The Bertz CT molecular complexity index is 1310. The minimum absolute atomic E-state index is 0.0833. The van der Waals surface area contributed by atoms with Crippen LogP contribution in [0.15, 0.2) is 63.8 Å². The van der Waals surface area contributed by atoms with Gasteiger partial charge in [0.25, 0.3) is 0 Å². The summed E-state index contributed by atoms with van der Waals surface area (Å²) >= 11 is 0. The maximum absolute atomic E-state index is 13.0. The second-order valence-electron chi connectivity index (χ2n) is 7.28. The fourth-order valence-corrected chi connectivity index (χ4v) is 3.67. The summed E-state index contributed by atoms with van der Waals surface area (Å²) in [5, 5.41) is 11.6. The number of hydrogen-bond donors (Lipinski definition) is 2. The summed E-state index contributed by atoms with van der Waals surface area (Å²) in [4.78, 5) is 35.4. The van der Waals surface area contributed by atoms with Gasteiger partial charge in [-0.1, -0.05) is 12.1 Å². The van der Waals surface area contributed by atoms with Crippen LogP contribution in [0.4, 0.5) is 5.69 Å². The predicted octanol–water partition coefficient (Wildman–Crippen LogP) is 4.26. The summed E-state index contributed by atoms with van der Waals surface area (Å²) in [5.74, 6) is -0.448. The lowest BCUT2D eigenvalue weighted by Gasteiger charge is -2.07. The Labute approximate surface area is 183 Å². The van der Waals surface area contributed by atoms with Crippen molar-refractivity contribution < 1.29 is 23.8 Å². The van der Waals surface area contributed by atoms with Gasteiger partial charge in [-0.2, -0.15) is 0 Å². The number of carboxylic acids is 1. The molecule has 0 atom stereocenters. The smallest absolute Gasteiger partial charge is 0.328 e. The number of fused-ring (bicyclic) bond motifs is 2. The highest BCUT2D eigenvalue weighted by molar-refractivity contribution is 6.03. The quantitative estimate of drug-likeness (QED) is 0.565. The van der Waals surface area contributed by atoms with Gasteiger partial charge in [0.05, 0.1) is 12.0 Å². The van der Waals surface area contributed by atoms with E-state index in [9.17, 15) is 14.4 Å². The number of aliphatic carboxylic acids is 1. The summed E-state index contributed by atoms with van der Waals surface area (Å²) in [6.07, 6.45) is 4.97. The van der Waals surface area contributed by atoms with Crippen LogP contribution >= 0.6 is 0 Å². The van der Waals surface area contributed by atoms with E-state index in [1.807, 2.05) is 37.3 Å². The minimum atomic E-state index is -1.22. The van der Waals surface area contributed by atoms with Crippen molar-refractivity contribution in [3.8, 4) is 5.75 Å². The van der Waals surface area contributed by atoms with E-state index >= 15 is 0 Å². The molecule has 4 rings (SSSR count). The molecule has 162 valence electrons. The van der Waals surface area contributed by atoms with Crippen molar-refractivity contribution in [2.24, 2.45) is 0 Å². The van der Waals surface area contributed by atoms with Gasteiger partial charge in [-0.3, -0.25) is 9.59 Å². The lowest BCUT2D eigenvalue weighted by Crippen LogP contribution is -2.11. The number of carbonyl (C=O) groups is 2. The predicted molar refractivity (Wildman–Crippen MR) is 122 cm³/mol. The van der Waals surface area contributed by atoms with Gasteiger partial charge in [0.1, 0.15) is 17.1 Å². The third kappa shape index (κ3) is 4.46. The van der Waals surface area contributed by atoms with Gasteiger partial charge in [0.15, 0.2) is 5.43 Å². The molecule has 0 radical (unpaired) electrons. The Morgan fingerprint density at radius 2 is 1.91 bits per heavy atom. The number of ether oxygens (including phenoxy) is 1. The second kappa shape index (κ2) is 8.93. The molecule has 0 saturated carbocycles. The fraction of sp³-hybridized carbons (Fsp3) is 0.160. The first-order valence-corrected chi connectivity index (χ1v) is 10.2. The molecule has 32 heavy (non-hydrogen) atoms. The number of allylic oxidation sites excluding steroid dienone is 1. The summed E-state index contributed by atoms with van der Waals surface area (Å²) in [7, 11) is 0. The number of carboxylic acid groups (broad SMARTS) is 1. The molecule has 0 unspecified atom stereocenters. The molecule has 0 bridgehead atoms. The van der Waals surface area contributed by atoms with Gasteiger partial charge < -0.3 is 19.6 Å². The van der Waals surface area contributed by atoms with Crippen LogP contribution in [-0.2, 0) is 16.0 Å². The number of nitrogens with one attached hydrogen (secondary N) is 1. The van der Waals surface area contributed by atoms with Gasteiger partial charge >= 0.3 is 5.97 Å². The van der Waals surface area contributed by atoms with Crippen molar-refractivity contribution in [1.29, 1.82) is 0 Å². The van der Waals surface area contributed by atoms with Gasteiger partial charge in [0.2, 0.25) is 5.91 Å². The van der Waals surface area contributed by atoms with Gasteiger partial charge in [0, 0.05) is 29.5 Å². The molecule has 2 aromatic carbocycles. The first kappa shape index (κ1) is 21.1. The van der Waals surface area contributed by atoms with Gasteiger partial charge in [-0.05, 0) is 61.2 Å². The van der Waals surface area contributed by atoms with Crippen LogP contribution in [0.3, 0.4) is 0 Å². The molecular formula is C25H21NO6. The van der Waals surface area contributed by atoms with Crippen molar-refractivity contribution in [3.05, 3.63) is 81.7 Å². The maximum atomic E-state index is 13.0. The summed E-state index contributed by atoms with van der Waals surface area (Å²) in [6, 6.07) is 12.5. The van der Waals surface area contributed by atoms with E-state index in [0.717, 1.165) is 29.0 Å². The third-order valence-corrected chi connectivity index (χ3v) is 5.10. The molecule has 1 aliphatic rings. The van der Waals surface area contributed by atoms with Crippen molar-refractivity contribution >= 4 is 40.2 Å². The zero-order valence-corrected chi connectivity index (χ0v) is 17.4. The zero-order chi connectivity index (χ0) is 22.7. The SMILES string of the molecule is CCOc1ccc(C=C2CCc3c2oc2cc(NC(=O)/C=C\C(=O)O)ccc2c3=O)cc1. The number of carbonyl (C=O) groups excluding carboxylic acids is 1. The van der Waals surface area contributed by atoms with E-state index in [1.165, 1.54) is 0 Å². The fourth-order valence-electron chi connectivity index (χ4n) is 3.67. The summed E-state index contributed by atoms with van der Waals surface area (Å²) in [5.41, 5.74) is 3.23. The summed E-state index contributed by atoms with van der Waals surface area (Å²) in [6.45, 7) is 2.53. The molecule has 1 heterocycles. The molecule has 7 heteroatoms. The highest BCUT2D eigenvalue weighted by atomic mass is 16.5. The summed E-state index contributed by atoms with van der Waals surface area (Å²) < 4.78 is 11.6. The number of amides is 1. The van der Waals surface area contributed by atoms with Crippen molar-refractivity contribution in [2.45, 2.75) is 19.8 Å². The van der Waals surface area contributed by atoms with Crippen LogP contribution in [0.2, 0.25) is 0 Å². The molecule has 1 amide bonds. The molecule has 1 aromatic heterocycles. The molecule has 0 saturated heterocycles. The van der Waals surface area contributed by atoms with Crippen molar-refractivity contribution in [1.82, 2.24) is 0 Å². The molecule has 0 fully saturated rings. The van der Waals surface area contributed by atoms with Crippen LogP contribution < -0.4 is 15.5 Å². The Morgan fingerprint density at radius 1 is 1.12 bits per heavy atom. The average molecular weight is 431 g/mol. The van der Waals surface area contributed by atoms with Gasteiger partial charge in [-0.25, -0.2) is 4.79 Å². The van der Waals surface area contributed by atoms with E-state index < -0.39 is 11.9 Å². The van der Waals surface area contributed by atoms with Crippen LogP contribution in [0.25, 0.3) is 22.6 Å². The normalized spacial score (nSPS) is 14.1. The molecule has 0 spiro atoms. The minimum Gasteiger partial charge on any atom is -0.494 e. The lowest BCUT2D eigenvalue weighted by molar-refractivity contribution is -0.131. The Morgan fingerprint density at radius 3 is 2.62 bits per heavy atom. The number of anilines is 1. The molecule has 0 aliphatic heterocycles. The van der Waals surface area contributed by atoms with E-state index in [0.29, 0.717) is 47.4 Å². The Hall–Kier alpha value is -4.13. The Kier molecular flexibility index (Phi) is 5.89. The van der Waals surface area contributed by atoms with E-state index in [-0.39, 0.29) is 5.43 Å². The topological polar surface area (TPSA) is 106 Å². The van der Waals surface area contributed by atoms with Crippen LogP contribution in [0.1, 0.15) is 30.2 Å². The molecule has 1 aliphatic carbocycles. The number of hydrogen-bond acceptors (Lipinski definition) is 5. The number of rotatable bonds is 6. The third-order valence-electron chi connectivity index (χ3n) is 5.10. The molecule has 7 nitrogen and oxygen atoms in total. The van der Waals surface area contributed by atoms with E-state index in [4.69, 9.17) is 14.3 Å². The van der Waals surface area contributed by atoms with Crippen LogP contribution in [0, 0.1) is 0 Å². The number of benzene rings is 2. The monoisotopic (exact) mass is 431 g/mol. The zero-order valence-electron chi connectivity index (χ0n) is 17.4. The van der Waals surface area contributed by atoms with E-state index in [1.54, 1.807) is 18.2 Å². The molecular weight excluding hydrogens is 410 g/mol. The maximum Gasteiger partial charge on any atom is 0.328 e. The lowest BCUT2D eigenvalue weighted by atomic mass is 10.1. The van der Waals surface area contributed by atoms with Gasteiger partial charge in [-0.15, -0.1) is 0 Å². The molecule has 3 aromatic rings.